The number of nitrogens with two attached hydrogens (primary N) is 1. The molecule has 1 aromatic carbocycles. The lowest BCUT2D eigenvalue weighted by molar-refractivity contribution is 0.0928. The van der Waals surface area contributed by atoms with Crippen LogP contribution in [-0.2, 0) is 6.54 Å². The monoisotopic (exact) mass is 330 g/mol. The molecule has 1 saturated carbocycles. The van der Waals surface area contributed by atoms with Crippen molar-refractivity contribution in [1.29, 1.82) is 0 Å². The number of carbonyl (C=O) groups is 1. The van der Waals surface area contributed by atoms with Gasteiger partial charge < -0.3 is 16.0 Å². The minimum Gasteiger partial charge on any atom is -0.349 e. The molecule has 24 heavy (non-hydrogen) atoms. The van der Waals surface area contributed by atoms with Gasteiger partial charge in [-0.05, 0) is 50.0 Å². The number of amides is 1. The van der Waals surface area contributed by atoms with Crippen molar-refractivity contribution in [2.24, 2.45) is 11.7 Å². The zero-order chi connectivity index (χ0) is 16.9. The number of piperazine rings is 1. The Morgan fingerprint density at radius 2 is 2.04 bits per heavy atom. The fourth-order valence-corrected chi connectivity index (χ4v) is 3.84. The normalized spacial score (nSPS) is 25.8. The predicted octanol–water partition coefficient (Wildman–Crippen LogP) is 1.29. The fraction of sp³-hybridized carbons (Fsp3) is 0.632. The van der Waals surface area contributed by atoms with Gasteiger partial charge in [0.05, 0.1) is 0 Å². The molecule has 1 aromatic rings. The fourth-order valence-electron chi connectivity index (χ4n) is 3.84. The average molecular weight is 330 g/mol. The molecule has 2 aliphatic rings. The van der Waals surface area contributed by atoms with Crippen LogP contribution in [0.25, 0.3) is 0 Å². The summed E-state index contributed by atoms with van der Waals surface area (Å²) in [5, 5.41) is 3.19. The van der Waals surface area contributed by atoms with E-state index in [1.165, 1.54) is 5.56 Å². The van der Waals surface area contributed by atoms with Gasteiger partial charge in [0.25, 0.3) is 5.91 Å². The summed E-state index contributed by atoms with van der Waals surface area (Å²) in [6.45, 7) is 5.99. The molecule has 2 unspecified atom stereocenters. The second kappa shape index (κ2) is 8.10. The largest absolute Gasteiger partial charge is 0.349 e. The third-order valence-corrected chi connectivity index (χ3v) is 5.47. The lowest BCUT2D eigenvalue weighted by Crippen LogP contribution is -2.43. The number of nitrogens with one attached hydrogen (secondary N) is 1. The van der Waals surface area contributed by atoms with Crippen LogP contribution >= 0.6 is 0 Å². The molecule has 132 valence electrons. The molecule has 0 radical (unpaired) electrons. The predicted molar refractivity (Wildman–Crippen MR) is 96.9 cm³/mol. The smallest absolute Gasteiger partial charge is 0.251 e. The van der Waals surface area contributed by atoms with E-state index in [2.05, 4.69) is 28.2 Å². The molecule has 3 N–H and O–H groups in total. The van der Waals surface area contributed by atoms with E-state index in [1.807, 2.05) is 18.2 Å². The van der Waals surface area contributed by atoms with Crippen LogP contribution in [0, 0.1) is 5.92 Å². The molecule has 0 aromatic heterocycles. The number of rotatable bonds is 5. The molecule has 5 heteroatoms. The number of nitrogens with zero attached hydrogens (tertiary/aromatic N) is 2. The van der Waals surface area contributed by atoms with Crippen molar-refractivity contribution in [3.8, 4) is 0 Å². The van der Waals surface area contributed by atoms with Crippen LogP contribution in [0.3, 0.4) is 0 Å². The zero-order valence-corrected chi connectivity index (χ0v) is 14.7. The number of benzene rings is 1. The summed E-state index contributed by atoms with van der Waals surface area (Å²) >= 11 is 0. The van der Waals surface area contributed by atoms with Gasteiger partial charge in [0.15, 0.2) is 0 Å². The lowest BCUT2D eigenvalue weighted by atomic mass is 10.0. The van der Waals surface area contributed by atoms with Gasteiger partial charge in [-0.1, -0.05) is 18.6 Å². The summed E-state index contributed by atoms with van der Waals surface area (Å²) < 4.78 is 0. The van der Waals surface area contributed by atoms with E-state index >= 15 is 0 Å². The molecular formula is C19H30N4O. The molecule has 1 heterocycles. The van der Waals surface area contributed by atoms with Gasteiger partial charge in [0.2, 0.25) is 0 Å². The molecule has 3 rings (SSSR count). The average Bonchev–Trinajstić information content (AvgIpc) is 3.04. The highest BCUT2D eigenvalue weighted by Gasteiger charge is 2.27. The first-order valence-corrected chi connectivity index (χ1v) is 9.16. The summed E-state index contributed by atoms with van der Waals surface area (Å²) in [6.07, 6.45) is 3.34. The SMILES string of the molecule is CN1CCN(Cc2cccc(C(=O)NC3CCCC3CN)c2)CC1. The molecule has 1 amide bonds. The summed E-state index contributed by atoms with van der Waals surface area (Å²) in [5.74, 6) is 0.475. The van der Waals surface area contributed by atoms with E-state index < -0.39 is 0 Å². The highest BCUT2D eigenvalue weighted by Crippen LogP contribution is 2.25. The Bertz CT molecular complexity index is 554. The van der Waals surface area contributed by atoms with Crippen molar-refractivity contribution < 1.29 is 4.79 Å². The second-order valence-electron chi connectivity index (χ2n) is 7.29. The lowest BCUT2D eigenvalue weighted by Gasteiger charge is -2.32. The maximum atomic E-state index is 12.6. The van der Waals surface area contributed by atoms with E-state index in [9.17, 15) is 4.79 Å². The van der Waals surface area contributed by atoms with E-state index in [0.717, 1.165) is 57.5 Å². The summed E-state index contributed by atoms with van der Waals surface area (Å²) in [4.78, 5) is 17.4. The van der Waals surface area contributed by atoms with Crippen molar-refractivity contribution in [2.45, 2.75) is 31.8 Å². The Balaban J connectivity index is 1.59. The standard InChI is InChI=1S/C19H30N4O/c1-22-8-10-23(11-9-22)14-15-4-2-5-16(12-15)19(24)21-18-7-3-6-17(18)13-20/h2,4-5,12,17-18H,3,6-11,13-14,20H2,1H3,(H,21,24). The van der Waals surface area contributed by atoms with Gasteiger partial charge in [0, 0.05) is 44.3 Å². The van der Waals surface area contributed by atoms with Crippen molar-refractivity contribution in [3.63, 3.8) is 0 Å². The number of carbonyl (C=O) groups excluding carboxylic acids is 1. The topological polar surface area (TPSA) is 61.6 Å². The first-order chi connectivity index (χ1) is 11.7. The summed E-state index contributed by atoms with van der Waals surface area (Å²) in [6, 6.07) is 8.31. The minimum absolute atomic E-state index is 0.0422. The summed E-state index contributed by atoms with van der Waals surface area (Å²) in [7, 11) is 2.17. The van der Waals surface area contributed by atoms with Gasteiger partial charge >= 0.3 is 0 Å². The number of hydrogen-bond acceptors (Lipinski definition) is 4. The molecule has 0 spiro atoms. The molecule has 1 aliphatic carbocycles. The molecule has 1 saturated heterocycles. The Labute approximate surface area is 145 Å². The maximum Gasteiger partial charge on any atom is 0.251 e. The second-order valence-corrected chi connectivity index (χ2v) is 7.29. The van der Waals surface area contributed by atoms with E-state index in [1.54, 1.807) is 0 Å². The zero-order valence-electron chi connectivity index (χ0n) is 14.7. The quantitative estimate of drug-likeness (QED) is 0.854. The Hall–Kier alpha value is -1.43. The van der Waals surface area contributed by atoms with Crippen LogP contribution in [0.5, 0.6) is 0 Å². The Morgan fingerprint density at radius 1 is 1.25 bits per heavy atom. The van der Waals surface area contributed by atoms with Crippen LogP contribution < -0.4 is 11.1 Å². The van der Waals surface area contributed by atoms with Crippen molar-refractivity contribution in [1.82, 2.24) is 15.1 Å². The third kappa shape index (κ3) is 4.35. The first kappa shape index (κ1) is 17.4. The molecular weight excluding hydrogens is 300 g/mol. The van der Waals surface area contributed by atoms with Crippen LogP contribution in [0.4, 0.5) is 0 Å². The van der Waals surface area contributed by atoms with Gasteiger partial charge in [-0.3, -0.25) is 9.69 Å². The highest BCUT2D eigenvalue weighted by molar-refractivity contribution is 5.94. The number of hydrogen-bond donors (Lipinski definition) is 2. The van der Waals surface area contributed by atoms with Crippen molar-refractivity contribution in [2.75, 3.05) is 39.8 Å². The van der Waals surface area contributed by atoms with Gasteiger partial charge in [-0.2, -0.15) is 0 Å². The Morgan fingerprint density at radius 3 is 2.79 bits per heavy atom. The maximum absolute atomic E-state index is 12.6. The van der Waals surface area contributed by atoms with Gasteiger partial charge in [-0.25, -0.2) is 0 Å². The third-order valence-electron chi connectivity index (χ3n) is 5.47. The van der Waals surface area contributed by atoms with Crippen LogP contribution in [0.15, 0.2) is 24.3 Å². The van der Waals surface area contributed by atoms with Crippen LogP contribution in [0.1, 0.15) is 35.2 Å². The van der Waals surface area contributed by atoms with E-state index in [0.29, 0.717) is 12.5 Å². The highest BCUT2D eigenvalue weighted by atomic mass is 16.1. The van der Waals surface area contributed by atoms with Crippen molar-refractivity contribution >= 4 is 5.91 Å². The van der Waals surface area contributed by atoms with Gasteiger partial charge in [0.1, 0.15) is 0 Å². The molecule has 0 bridgehead atoms. The molecule has 5 nitrogen and oxygen atoms in total. The van der Waals surface area contributed by atoms with E-state index in [4.69, 9.17) is 5.73 Å². The Kier molecular flexibility index (Phi) is 5.87. The van der Waals surface area contributed by atoms with Crippen LogP contribution in [-0.4, -0.2) is 61.5 Å². The minimum atomic E-state index is 0.0422. The number of likely N-dealkylation sites (N-methyl/N-ethyl adjacent to an activating group) is 1. The van der Waals surface area contributed by atoms with Crippen molar-refractivity contribution in [3.05, 3.63) is 35.4 Å². The molecule has 2 fully saturated rings. The van der Waals surface area contributed by atoms with Gasteiger partial charge in [-0.15, -0.1) is 0 Å². The molecule has 1 aliphatic heterocycles. The molecule has 2 atom stereocenters. The summed E-state index contributed by atoms with van der Waals surface area (Å²) in [5.41, 5.74) is 7.80. The van der Waals surface area contributed by atoms with E-state index in [-0.39, 0.29) is 11.9 Å². The first-order valence-electron chi connectivity index (χ1n) is 9.16. The van der Waals surface area contributed by atoms with Crippen LogP contribution in [0.2, 0.25) is 0 Å².